The summed E-state index contributed by atoms with van der Waals surface area (Å²) in [5.74, 6) is -1.40. The van der Waals surface area contributed by atoms with Gasteiger partial charge in [-0.05, 0) is 36.4 Å². The number of halogens is 3. The van der Waals surface area contributed by atoms with Crippen LogP contribution in [-0.4, -0.2) is 29.0 Å². The molecule has 1 atom stereocenters. The van der Waals surface area contributed by atoms with Crippen LogP contribution in [0.3, 0.4) is 0 Å². The van der Waals surface area contributed by atoms with Gasteiger partial charge in [-0.3, -0.25) is 9.59 Å². The van der Waals surface area contributed by atoms with Gasteiger partial charge in [-0.15, -0.1) is 11.8 Å². The molecule has 5 rings (SSSR count). The summed E-state index contributed by atoms with van der Waals surface area (Å²) in [5, 5.41) is 0.516. The van der Waals surface area contributed by atoms with E-state index in [4.69, 9.17) is 11.6 Å². The number of carbonyl (C=O) groups is 2. The number of para-hydroxylation sites is 1. The Morgan fingerprint density at radius 2 is 1.81 bits per heavy atom. The Balaban J connectivity index is 1.57. The third-order valence-corrected chi connectivity index (χ3v) is 7.45. The molecule has 0 bridgehead atoms. The SMILES string of the molecule is O=C(c1ccc(Cl)cc1)N1CCS[C@@]12C(=O)N(Cc1ccc(F)cc1F)c1ccccc12. The molecule has 4 nitrogen and oxygen atoms in total. The number of carbonyl (C=O) groups excluding carboxylic acids is 2. The maximum atomic E-state index is 14.4. The van der Waals surface area contributed by atoms with Crippen molar-refractivity contribution >= 4 is 40.9 Å². The van der Waals surface area contributed by atoms with E-state index in [-0.39, 0.29) is 23.9 Å². The lowest BCUT2D eigenvalue weighted by Crippen LogP contribution is -2.50. The first-order valence-electron chi connectivity index (χ1n) is 9.99. The molecule has 2 aliphatic rings. The third-order valence-electron chi connectivity index (χ3n) is 5.78. The van der Waals surface area contributed by atoms with Gasteiger partial charge < -0.3 is 9.80 Å². The predicted molar refractivity (Wildman–Crippen MR) is 121 cm³/mol. The molecule has 0 radical (unpaired) electrons. The maximum absolute atomic E-state index is 14.4. The van der Waals surface area contributed by atoms with Crippen LogP contribution in [0.2, 0.25) is 5.02 Å². The molecule has 3 aromatic rings. The second-order valence-corrected chi connectivity index (χ2v) is 9.32. The highest BCUT2D eigenvalue weighted by atomic mass is 35.5. The molecule has 0 unspecified atom stereocenters. The first-order chi connectivity index (χ1) is 15.4. The van der Waals surface area contributed by atoms with Crippen LogP contribution in [-0.2, 0) is 16.2 Å². The lowest BCUT2D eigenvalue weighted by molar-refractivity contribution is -0.123. The Labute approximate surface area is 192 Å². The van der Waals surface area contributed by atoms with Gasteiger partial charge in [0.1, 0.15) is 11.6 Å². The minimum absolute atomic E-state index is 0.0623. The number of thioether (sulfide) groups is 1. The lowest BCUT2D eigenvalue weighted by Gasteiger charge is -2.33. The van der Waals surface area contributed by atoms with Crippen molar-refractivity contribution in [3.63, 3.8) is 0 Å². The fourth-order valence-electron chi connectivity index (χ4n) is 4.29. The number of anilines is 1. The number of hydrogen-bond donors (Lipinski definition) is 0. The van der Waals surface area contributed by atoms with E-state index in [0.717, 1.165) is 6.07 Å². The van der Waals surface area contributed by atoms with Gasteiger partial charge in [-0.2, -0.15) is 0 Å². The van der Waals surface area contributed by atoms with Gasteiger partial charge in [-0.1, -0.05) is 35.9 Å². The van der Waals surface area contributed by atoms with E-state index in [0.29, 0.717) is 34.1 Å². The second kappa shape index (κ2) is 7.90. The Hall–Kier alpha value is -2.90. The molecular weight excluding hydrogens is 454 g/mol. The molecular formula is C24H17ClF2N2O2S. The first-order valence-corrected chi connectivity index (χ1v) is 11.3. The number of hydrogen-bond acceptors (Lipinski definition) is 3. The van der Waals surface area contributed by atoms with E-state index in [1.807, 2.05) is 12.1 Å². The summed E-state index contributed by atoms with van der Waals surface area (Å²) in [7, 11) is 0. The van der Waals surface area contributed by atoms with Gasteiger partial charge in [0.2, 0.25) is 0 Å². The zero-order valence-corrected chi connectivity index (χ0v) is 18.3. The van der Waals surface area contributed by atoms with Gasteiger partial charge in [0.25, 0.3) is 11.8 Å². The molecule has 0 saturated carbocycles. The molecule has 2 aliphatic heterocycles. The number of amides is 2. The third kappa shape index (κ3) is 3.19. The molecule has 8 heteroatoms. The summed E-state index contributed by atoms with van der Waals surface area (Å²) in [6, 6.07) is 17.1. The minimum Gasteiger partial charge on any atom is -0.311 e. The summed E-state index contributed by atoms with van der Waals surface area (Å²) in [4.78, 5) is 29.1. The van der Waals surface area contributed by atoms with Crippen LogP contribution in [0.4, 0.5) is 14.5 Å². The van der Waals surface area contributed by atoms with Gasteiger partial charge >= 0.3 is 0 Å². The number of benzene rings is 3. The van der Waals surface area contributed by atoms with Crippen LogP contribution in [0.1, 0.15) is 21.5 Å². The topological polar surface area (TPSA) is 40.6 Å². The molecule has 162 valence electrons. The van der Waals surface area contributed by atoms with Crippen molar-refractivity contribution in [3.8, 4) is 0 Å². The normalized spacial score (nSPS) is 19.7. The maximum Gasteiger partial charge on any atom is 0.268 e. The highest BCUT2D eigenvalue weighted by Gasteiger charge is 2.59. The Morgan fingerprint density at radius 1 is 1.06 bits per heavy atom. The quantitative estimate of drug-likeness (QED) is 0.528. The lowest BCUT2D eigenvalue weighted by atomic mass is 10.0. The van der Waals surface area contributed by atoms with E-state index in [1.54, 1.807) is 41.3 Å². The first kappa shape index (κ1) is 21.0. The predicted octanol–water partition coefficient (Wildman–Crippen LogP) is 5.21. The summed E-state index contributed by atoms with van der Waals surface area (Å²) in [6.07, 6.45) is 0. The zero-order valence-electron chi connectivity index (χ0n) is 16.7. The zero-order chi connectivity index (χ0) is 22.5. The fraction of sp³-hybridized carbons (Fsp3) is 0.167. The molecule has 2 heterocycles. The van der Waals surface area contributed by atoms with Crippen molar-refractivity contribution in [2.45, 2.75) is 11.4 Å². The summed E-state index contributed by atoms with van der Waals surface area (Å²) < 4.78 is 27.7. The summed E-state index contributed by atoms with van der Waals surface area (Å²) in [5.41, 5.74) is 1.94. The molecule has 32 heavy (non-hydrogen) atoms. The van der Waals surface area contributed by atoms with Crippen molar-refractivity contribution in [1.29, 1.82) is 0 Å². The largest absolute Gasteiger partial charge is 0.311 e. The molecule has 1 saturated heterocycles. The van der Waals surface area contributed by atoms with Crippen molar-refractivity contribution in [1.82, 2.24) is 4.90 Å². The van der Waals surface area contributed by atoms with Crippen LogP contribution < -0.4 is 4.90 Å². The van der Waals surface area contributed by atoms with E-state index >= 15 is 0 Å². The van der Waals surface area contributed by atoms with Crippen molar-refractivity contribution < 1.29 is 18.4 Å². The monoisotopic (exact) mass is 470 g/mol. The van der Waals surface area contributed by atoms with Gasteiger partial charge in [-0.25, -0.2) is 8.78 Å². The second-order valence-electron chi connectivity index (χ2n) is 7.60. The van der Waals surface area contributed by atoms with Gasteiger partial charge in [0.05, 0.1) is 12.2 Å². The Bertz CT molecular complexity index is 1240. The fourth-order valence-corrected chi connectivity index (χ4v) is 5.88. The molecule has 1 fully saturated rings. The smallest absolute Gasteiger partial charge is 0.268 e. The van der Waals surface area contributed by atoms with Crippen molar-refractivity contribution in [3.05, 3.63) is 100 Å². The van der Waals surface area contributed by atoms with Crippen LogP contribution in [0.15, 0.2) is 66.7 Å². The van der Waals surface area contributed by atoms with Gasteiger partial charge in [0, 0.05) is 40.1 Å². The van der Waals surface area contributed by atoms with Crippen LogP contribution in [0, 0.1) is 11.6 Å². The van der Waals surface area contributed by atoms with Crippen LogP contribution in [0.5, 0.6) is 0 Å². The minimum atomic E-state index is -1.23. The van der Waals surface area contributed by atoms with Crippen LogP contribution in [0.25, 0.3) is 0 Å². The molecule has 0 aromatic heterocycles. The Morgan fingerprint density at radius 3 is 2.56 bits per heavy atom. The molecule has 2 amide bonds. The average Bonchev–Trinajstić information content (AvgIpc) is 3.33. The summed E-state index contributed by atoms with van der Waals surface area (Å²) in [6.45, 7) is 0.332. The van der Waals surface area contributed by atoms with Crippen LogP contribution >= 0.6 is 23.4 Å². The molecule has 1 spiro atoms. The Kier molecular flexibility index (Phi) is 5.18. The van der Waals surface area contributed by atoms with E-state index in [9.17, 15) is 18.4 Å². The van der Waals surface area contributed by atoms with Crippen molar-refractivity contribution in [2.75, 3.05) is 17.2 Å². The molecule has 0 aliphatic carbocycles. The van der Waals surface area contributed by atoms with E-state index < -0.39 is 16.5 Å². The summed E-state index contributed by atoms with van der Waals surface area (Å²) >= 11 is 7.35. The standard InChI is InChI=1S/C24H17ClF2N2O2S/c25-17-8-5-15(6-9-17)22(30)29-11-12-32-24(29)19-3-1-2-4-21(19)28(23(24)31)14-16-7-10-18(26)13-20(16)27/h1-10,13H,11-12,14H2/t24-/m0/s1. The highest BCUT2D eigenvalue weighted by Crippen LogP contribution is 2.54. The van der Waals surface area contributed by atoms with E-state index in [2.05, 4.69) is 0 Å². The number of rotatable bonds is 3. The molecule has 0 N–H and O–H groups in total. The average molecular weight is 471 g/mol. The molecule has 3 aromatic carbocycles. The number of nitrogens with zero attached hydrogens (tertiary/aromatic N) is 2. The van der Waals surface area contributed by atoms with Crippen molar-refractivity contribution in [2.24, 2.45) is 0 Å². The number of fused-ring (bicyclic) bond motifs is 2. The van der Waals surface area contributed by atoms with Gasteiger partial charge in [0.15, 0.2) is 4.87 Å². The van der Waals surface area contributed by atoms with E-state index in [1.165, 1.54) is 28.8 Å². The highest BCUT2D eigenvalue weighted by molar-refractivity contribution is 8.01.